The number of carbonyl (C=O) groups is 1. The number of hydroxylamine groups is 1. The van der Waals surface area contributed by atoms with Crippen molar-refractivity contribution < 1.29 is 45.0 Å². The molecule has 1 amide bonds. The van der Waals surface area contributed by atoms with Gasteiger partial charge in [-0.1, -0.05) is 0 Å². The molecule has 58 valence electrons. The Morgan fingerprint density at radius 2 is 2.11 bits per heavy atom. The fraction of sp³-hybridized carbons (Fsp3) is 0.667. The maximum atomic E-state index is 9.47. The molecule has 0 heterocycles. The molecule has 4 nitrogen and oxygen atoms in total. The van der Waals surface area contributed by atoms with Crippen molar-refractivity contribution in [2.24, 2.45) is 0 Å². The Morgan fingerprint density at radius 3 is 2.22 bits per heavy atom. The summed E-state index contributed by atoms with van der Waals surface area (Å²) in [7, 11) is 0. The summed E-state index contributed by atoms with van der Waals surface area (Å²) < 4.78 is 0. The number of rotatable bonds is 2. The van der Waals surface area contributed by atoms with Crippen molar-refractivity contribution in [2.45, 2.75) is 6.92 Å². The SMILES string of the molecule is CCO[NH2+]C(=O)[O-].[Cl-].[Cl-]. The molecule has 6 heteroatoms. The highest BCUT2D eigenvalue weighted by molar-refractivity contribution is 5.48. The number of quaternary nitrogens is 1. The van der Waals surface area contributed by atoms with Crippen LogP contribution in [0.25, 0.3) is 0 Å². The molecule has 0 aliphatic rings. The van der Waals surface area contributed by atoms with Crippen molar-refractivity contribution in [3.8, 4) is 0 Å². The van der Waals surface area contributed by atoms with Gasteiger partial charge in [0.15, 0.2) is 0 Å². The van der Waals surface area contributed by atoms with Crippen LogP contribution in [-0.4, -0.2) is 12.7 Å². The van der Waals surface area contributed by atoms with Gasteiger partial charge in [0.2, 0.25) is 0 Å². The Morgan fingerprint density at radius 1 is 1.67 bits per heavy atom. The number of primary amides is 1. The number of carbonyl (C=O) groups excluding carboxylic acids is 1. The summed E-state index contributed by atoms with van der Waals surface area (Å²) in [6, 6.07) is 0. The first kappa shape index (κ1) is 16.0. The van der Waals surface area contributed by atoms with Gasteiger partial charge in [-0.2, -0.15) is 5.48 Å². The Hall–Kier alpha value is -0.0300. The average molecular weight is 176 g/mol. The van der Waals surface area contributed by atoms with E-state index in [1.54, 1.807) is 6.92 Å². The van der Waals surface area contributed by atoms with Crippen molar-refractivity contribution in [2.75, 3.05) is 6.61 Å². The molecular formula is C3H7Cl2NO3-2. The minimum absolute atomic E-state index is 0. The number of carboxylic acid groups (broad SMARTS) is 1. The van der Waals surface area contributed by atoms with E-state index in [9.17, 15) is 9.90 Å². The molecule has 0 fully saturated rings. The van der Waals surface area contributed by atoms with Crippen LogP contribution in [0, 0.1) is 0 Å². The van der Waals surface area contributed by atoms with Crippen molar-refractivity contribution in [3.05, 3.63) is 0 Å². The predicted molar refractivity (Wildman–Crippen MR) is 18.9 cm³/mol. The zero-order valence-corrected chi connectivity index (χ0v) is 6.28. The average Bonchev–Trinajstić information content (AvgIpc) is 1.61. The number of halogens is 2. The number of amides is 1. The van der Waals surface area contributed by atoms with Gasteiger partial charge in [0.25, 0.3) is 6.09 Å². The van der Waals surface area contributed by atoms with Crippen LogP contribution in [0.5, 0.6) is 0 Å². The van der Waals surface area contributed by atoms with Gasteiger partial charge in [-0.3, -0.25) is 0 Å². The predicted octanol–water partition coefficient (Wildman–Crippen LogP) is -8.15. The van der Waals surface area contributed by atoms with Crippen LogP contribution in [0.15, 0.2) is 0 Å². The third-order valence-corrected chi connectivity index (χ3v) is 0.346. The van der Waals surface area contributed by atoms with Crippen LogP contribution in [0.4, 0.5) is 4.79 Å². The van der Waals surface area contributed by atoms with E-state index >= 15 is 0 Å². The Balaban J connectivity index is -0.000000180. The van der Waals surface area contributed by atoms with Gasteiger partial charge in [-0.15, -0.1) is 0 Å². The normalized spacial score (nSPS) is 6.78. The molecule has 0 aliphatic heterocycles. The highest BCUT2D eigenvalue weighted by Crippen LogP contribution is 1.47. The standard InChI is InChI=1S/C3H7NO3.2ClH/c1-2-7-4-3(5)6;;/h4H,2H2,1H3,(H,5,6);2*1H/p-2. The molecule has 0 bridgehead atoms. The van der Waals surface area contributed by atoms with E-state index in [-0.39, 0.29) is 24.8 Å². The summed E-state index contributed by atoms with van der Waals surface area (Å²) in [5, 5.41) is 9.47. The second kappa shape index (κ2) is 10.9. The first-order chi connectivity index (χ1) is 3.27. The van der Waals surface area contributed by atoms with Crippen LogP contribution in [0.3, 0.4) is 0 Å². The van der Waals surface area contributed by atoms with Crippen molar-refractivity contribution in [3.63, 3.8) is 0 Å². The Kier molecular flexibility index (Phi) is 19.3. The summed E-state index contributed by atoms with van der Waals surface area (Å²) >= 11 is 0. The van der Waals surface area contributed by atoms with Gasteiger partial charge in [0, 0.05) is 0 Å². The van der Waals surface area contributed by atoms with Gasteiger partial charge in [0.1, 0.15) is 6.61 Å². The Labute approximate surface area is 65.3 Å². The zero-order valence-electron chi connectivity index (χ0n) is 4.77. The van der Waals surface area contributed by atoms with Gasteiger partial charge in [-0.25, -0.2) is 4.84 Å². The lowest BCUT2D eigenvalue weighted by atomic mass is 10.9. The quantitative estimate of drug-likeness (QED) is 0.425. The maximum Gasteiger partial charge on any atom is 0.288 e. The fourth-order valence-electron chi connectivity index (χ4n) is 0.151. The summed E-state index contributed by atoms with van der Waals surface area (Å²) in [6.07, 6.45) is -1.29. The molecule has 0 aromatic rings. The van der Waals surface area contributed by atoms with E-state index in [2.05, 4.69) is 4.84 Å². The first-order valence-electron chi connectivity index (χ1n) is 1.93. The molecule has 0 rings (SSSR count). The molecule has 0 aromatic carbocycles. The lowest BCUT2D eigenvalue weighted by Gasteiger charge is -1.93. The third kappa shape index (κ3) is 18.0. The van der Waals surface area contributed by atoms with Crippen LogP contribution < -0.4 is 35.4 Å². The molecule has 2 N–H and O–H groups in total. The van der Waals surface area contributed by atoms with Gasteiger partial charge in [0.05, 0.1) is 0 Å². The van der Waals surface area contributed by atoms with Crippen molar-refractivity contribution in [1.29, 1.82) is 0 Å². The van der Waals surface area contributed by atoms with Crippen LogP contribution >= 0.6 is 0 Å². The minimum Gasteiger partial charge on any atom is -1.00 e. The van der Waals surface area contributed by atoms with E-state index in [0.717, 1.165) is 0 Å². The van der Waals surface area contributed by atoms with Crippen LogP contribution in [0.1, 0.15) is 6.92 Å². The Bertz CT molecular complexity index is 70.1. The molecule has 0 atom stereocenters. The van der Waals surface area contributed by atoms with Crippen molar-refractivity contribution in [1.82, 2.24) is 0 Å². The van der Waals surface area contributed by atoms with E-state index in [4.69, 9.17) is 0 Å². The molecule has 0 radical (unpaired) electrons. The van der Waals surface area contributed by atoms with E-state index < -0.39 is 6.09 Å². The van der Waals surface area contributed by atoms with E-state index in [1.807, 2.05) is 0 Å². The van der Waals surface area contributed by atoms with Crippen LogP contribution in [0.2, 0.25) is 0 Å². The lowest BCUT2D eigenvalue weighted by Crippen LogP contribution is -3.00. The molecular weight excluding hydrogens is 169 g/mol. The third-order valence-electron chi connectivity index (χ3n) is 0.346. The maximum absolute atomic E-state index is 9.47. The first-order valence-corrected chi connectivity index (χ1v) is 1.93. The van der Waals surface area contributed by atoms with E-state index in [1.165, 1.54) is 0 Å². The minimum atomic E-state index is -1.29. The second-order valence-corrected chi connectivity index (χ2v) is 0.892. The fourth-order valence-corrected chi connectivity index (χ4v) is 0.151. The molecule has 0 aliphatic carbocycles. The topological polar surface area (TPSA) is 66.0 Å². The highest BCUT2D eigenvalue weighted by atomic mass is 35.5. The number of hydrogen-bond donors (Lipinski definition) is 1. The van der Waals surface area contributed by atoms with Gasteiger partial charge >= 0.3 is 0 Å². The molecule has 0 unspecified atom stereocenters. The molecule has 0 saturated heterocycles. The number of nitrogens with two attached hydrogens (primary N) is 1. The number of hydrogen-bond acceptors (Lipinski definition) is 3. The molecule has 0 spiro atoms. The summed E-state index contributed by atoms with van der Waals surface area (Å²) in [4.78, 5) is 13.8. The van der Waals surface area contributed by atoms with E-state index in [0.29, 0.717) is 12.1 Å². The molecule has 9 heavy (non-hydrogen) atoms. The summed E-state index contributed by atoms with van der Waals surface area (Å²) in [6.45, 7) is 2.06. The summed E-state index contributed by atoms with van der Waals surface area (Å²) in [5.41, 5.74) is 0.653. The van der Waals surface area contributed by atoms with Crippen LogP contribution in [-0.2, 0) is 4.84 Å². The molecule has 0 saturated carbocycles. The monoisotopic (exact) mass is 175 g/mol. The highest BCUT2D eigenvalue weighted by Gasteiger charge is 1.83. The lowest BCUT2D eigenvalue weighted by molar-refractivity contribution is -0.847. The van der Waals surface area contributed by atoms with Crippen molar-refractivity contribution >= 4 is 6.09 Å². The zero-order chi connectivity index (χ0) is 5.70. The van der Waals surface area contributed by atoms with Gasteiger partial charge < -0.3 is 34.7 Å². The smallest absolute Gasteiger partial charge is 0.288 e. The largest absolute Gasteiger partial charge is 1.00 e. The van der Waals surface area contributed by atoms with Gasteiger partial charge in [-0.05, 0) is 6.92 Å². The summed E-state index contributed by atoms with van der Waals surface area (Å²) in [5.74, 6) is 0. The molecule has 0 aromatic heterocycles. The second-order valence-electron chi connectivity index (χ2n) is 0.892.